The molecule has 0 aromatic rings. The molecule has 2 fully saturated rings. The van der Waals surface area contributed by atoms with E-state index in [9.17, 15) is 9.59 Å². The molecule has 2 aliphatic rings. The lowest BCUT2D eigenvalue weighted by Gasteiger charge is -2.35. The molecule has 2 rings (SSSR count). The third kappa shape index (κ3) is 4.18. The fourth-order valence-electron chi connectivity index (χ4n) is 2.93. The molecule has 2 N–H and O–H groups in total. The van der Waals surface area contributed by atoms with Crippen LogP contribution in [0.25, 0.3) is 0 Å². The number of ether oxygens (including phenoxy) is 1. The predicted octanol–water partition coefficient (Wildman–Crippen LogP) is -0.118. The van der Waals surface area contributed by atoms with Crippen LogP contribution >= 0.6 is 0 Å². The number of piperidine rings is 2. The van der Waals surface area contributed by atoms with Crippen molar-refractivity contribution in [3.8, 4) is 0 Å². The minimum Gasteiger partial charge on any atom is -0.375 e. The minimum absolute atomic E-state index is 0.00313. The van der Waals surface area contributed by atoms with Gasteiger partial charge in [0.05, 0.1) is 6.04 Å². The van der Waals surface area contributed by atoms with Gasteiger partial charge in [-0.2, -0.15) is 0 Å². The first-order valence-electron chi connectivity index (χ1n) is 7.51. The van der Waals surface area contributed by atoms with Crippen LogP contribution in [0.5, 0.6) is 0 Å². The normalized spacial score (nSPS) is 24.4. The molecule has 2 aliphatic heterocycles. The summed E-state index contributed by atoms with van der Waals surface area (Å²) in [6.45, 7) is 2.51. The Balaban J connectivity index is 1.73. The maximum atomic E-state index is 12.3. The van der Waals surface area contributed by atoms with Crippen LogP contribution in [0.4, 0.5) is 0 Å². The molecule has 0 aliphatic carbocycles. The Morgan fingerprint density at radius 2 is 2.00 bits per heavy atom. The van der Waals surface area contributed by atoms with E-state index in [4.69, 9.17) is 4.74 Å². The molecule has 0 spiro atoms. The molecule has 2 amide bonds. The van der Waals surface area contributed by atoms with E-state index in [1.807, 2.05) is 4.90 Å². The van der Waals surface area contributed by atoms with Gasteiger partial charge < -0.3 is 20.3 Å². The summed E-state index contributed by atoms with van der Waals surface area (Å²) in [7, 11) is 1.51. The topological polar surface area (TPSA) is 70.7 Å². The van der Waals surface area contributed by atoms with Crippen LogP contribution in [0.1, 0.15) is 32.1 Å². The fourth-order valence-corrected chi connectivity index (χ4v) is 2.93. The van der Waals surface area contributed by atoms with Crippen molar-refractivity contribution in [3.63, 3.8) is 0 Å². The van der Waals surface area contributed by atoms with Gasteiger partial charge in [-0.1, -0.05) is 6.42 Å². The Morgan fingerprint density at radius 3 is 2.60 bits per heavy atom. The summed E-state index contributed by atoms with van der Waals surface area (Å²) in [4.78, 5) is 25.7. The van der Waals surface area contributed by atoms with Crippen molar-refractivity contribution in [1.29, 1.82) is 0 Å². The van der Waals surface area contributed by atoms with Crippen molar-refractivity contribution in [2.45, 2.75) is 44.2 Å². The van der Waals surface area contributed by atoms with Gasteiger partial charge in [0, 0.05) is 26.2 Å². The van der Waals surface area contributed by atoms with Gasteiger partial charge in [0.1, 0.15) is 6.61 Å². The molecule has 114 valence electrons. The highest BCUT2D eigenvalue weighted by Crippen LogP contribution is 2.15. The average Bonchev–Trinajstić information content (AvgIpc) is 2.48. The van der Waals surface area contributed by atoms with Crippen LogP contribution < -0.4 is 10.6 Å². The molecule has 0 aromatic carbocycles. The van der Waals surface area contributed by atoms with Gasteiger partial charge in [-0.05, 0) is 32.2 Å². The van der Waals surface area contributed by atoms with E-state index in [0.29, 0.717) is 0 Å². The van der Waals surface area contributed by atoms with E-state index in [-0.39, 0.29) is 30.5 Å². The number of likely N-dealkylation sites (tertiary alicyclic amines) is 1. The molecule has 6 heteroatoms. The Kier molecular flexibility index (Phi) is 5.79. The molecule has 0 saturated carbocycles. The highest BCUT2D eigenvalue weighted by Gasteiger charge is 2.29. The molecule has 1 atom stereocenters. The predicted molar refractivity (Wildman–Crippen MR) is 75.3 cm³/mol. The van der Waals surface area contributed by atoms with Gasteiger partial charge in [-0.3, -0.25) is 9.59 Å². The zero-order valence-corrected chi connectivity index (χ0v) is 12.2. The molecule has 2 heterocycles. The molecule has 0 radical (unpaired) electrons. The molecule has 0 aromatic heterocycles. The van der Waals surface area contributed by atoms with Crippen LogP contribution in [-0.2, 0) is 14.3 Å². The number of hydrogen-bond donors (Lipinski definition) is 2. The first kappa shape index (κ1) is 15.3. The number of methoxy groups -OCH3 is 1. The first-order valence-corrected chi connectivity index (χ1v) is 7.51. The van der Waals surface area contributed by atoms with Crippen LogP contribution in [0.3, 0.4) is 0 Å². The standard InChI is InChI=1S/C14H25N3O3/c1-20-10-13(18)16-11-5-8-17(9-6-11)14(19)12-4-2-3-7-15-12/h11-12,15H,2-10H2,1H3,(H,16,18)/t12-/m1/s1. The lowest BCUT2D eigenvalue weighted by molar-refractivity contribution is -0.135. The van der Waals surface area contributed by atoms with Gasteiger partial charge >= 0.3 is 0 Å². The zero-order valence-electron chi connectivity index (χ0n) is 12.2. The summed E-state index contributed by atoms with van der Waals surface area (Å²) in [5.74, 6) is 0.151. The number of carbonyl (C=O) groups excluding carboxylic acids is 2. The van der Waals surface area contributed by atoms with Gasteiger partial charge in [0.15, 0.2) is 0 Å². The van der Waals surface area contributed by atoms with Crippen molar-refractivity contribution >= 4 is 11.8 Å². The molecular formula is C14H25N3O3. The van der Waals surface area contributed by atoms with E-state index >= 15 is 0 Å². The summed E-state index contributed by atoms with van der Waals surface area (Å²) in [5, 5.41) is 6.24. The molecule has 0 bridgehead atoms. The lowest BCUT2D eigenvalue weighted by Crippen LogP contribution is -2.53. The number of nitrogens with zero attached hydrogens (tertiary/aromatic N) is 1. The second-order valence-corrected chi connectivity index (χ2v) is 5.60. The second-order valence-electron chi connectivity index (χ2n) is 5.60. The largest absolute Gasteiger partial charge is 0.375 e. The van der Waals surface area contributed by atoms with Gasteiger partial charge in [0.2, 0.25) is 11.8 Å². The van der Waals surface area contributed by atoms with E-state index < -0.39 is 0 Å². The number of rotatable bonds is 4. The number of amides is 2. The van der Waals surface area contributed by atoms with Crippen LogP contribution in [0, 0.1) is 0 Å². The molecule has 20 heavy (non-hydrogen) atoms. The van der Waals surface area contributed by atoms with Crippen LogP contribution in [0.2, 0.25) is 0 Å². The summed E-state index contributed by atoms with van der Waals surface area (Å²) in [6.07, 6.45) is 4.90. The Labute approximate surface area is 120 Å². The Morgan fingerprint density at radius 1 is 1.25 bits per heavy atom. The van der Waals surface area contributed by atoms with E-state index in [2.05, 4.69) is 10.6 Å². The van der Waals surface area contributed by atoms with E-state index in [1.54, 1.807) is 0 Å². The van der Waals surface area contributed by atoms with Crippen molar-refractivity contribution in [2.24, 2.45) is 0 Å². The SMILES string of the molecule is COCC(=O)NC1CCN(C(=O)[C@H]2CCCCN2)CC1. The smallest absolute Gasteiger partial charge is 0.246 e. The first-order chi connectivity index (χ1) is 9.70. The number of nitrogens with one attached hydrogen (secondary N) is 2. The molecule has 0 unspecified atom stereocenters. The maximum absolute atomic E-state index is 12.3. The third-order valence-corrected chi connectivity index (χ3v) is 4.06. The fraction of sp³-hybridized carbons (Fsp3) is 0.857. The zero-order chi connectivity index (χ0) is 14.4. The summed E-state index contributed by atoms with van der Waals surface area (Å²) in [5.41, 5.74) is 0. The lowest BCUT2D eigenvalue weighted by atomic mass is 10.0. The minimum atomic E-state index is -0.0776. The van der Waals surface area contributed by atoms with Crippen molar-refractivity contribution < 1.29 is 14.3 Å². The summed E-state index contributed by atoms with van der Waals surface area (Å²) in [6, 6.07) is 0.171. The monoisotopic (exact) mass is 283 g/mol. The Hall–Kier alpha value is -1.14. The molecule has 2 saturated heterocycles. The van der Waals surface area contributed by atoms with Crippen LogP contribution in [0.15, 0.2) is 0 Å². The summed E-state index contributed by atoms with van der Waals surface area (Å²) >= 11 is 0. The molecule has 6 nitrogen and oxygen atoms in total. The molecular weight excluding hydrogens is 258 g/mol. The van der Waals surface area contributed by atoms with E-state index in [0.717, 1.165) is 51.7 Å². The highest BCUT2D eigenvalue weighted by molar-refractivity contribution is 5.82. The summed E-state index contributed by atoms with van der Waals surface area (Å²) < 4.78 is 4.80. The van der Waals surface area contributed by atoms with Gasteiger partial charge in [-0.25, -0.2) is 0 Å². The number of carbonyl (C=O) groups is 2. The van der Waals surface area contributed by atoms with Crippen molar-refractivity contribution in [1.82, 2.24) is 15.5 Å². The third-order valence-electron chi connectivity index (χ3n) is 4.06. The van der Waals surface area contributed by atoms with E-state index in [1.165, 1.54) is 7.11 Å². The highest BCUT2D eigenvalue weighted by atomic mass is 16.5. The number of hydrogen-bond acceptors (Lipinski definition) is 4. The van der Waals surface area contributed by atoms with Gasteiger partial charge in [0.25, 0.3) is 0 Å². The maximum Gasteiger partial charge on any atom is 0.246 e. The van der Waals surface area contributed by atoms with Crippen molar-refractivity contribution in [3.05, 3.63) is 0 Å². The second kappa shape index (κ2) is 7.59. The van der Waals surface area contributed by atoms with Crippen LogP contribution in [-0.4, -0.2) is 62.1 Å². The quantitative estimate of drug-likeness (QED) is 0.755. The Bertz CT molecular complexity index is 335. The van der Waals surface area contributed by atoms with Crippen molar-refractivity contribution in [2.75, 3.05) is 33.4 Å². The van der Waals surface area contributed by atoms with Gasteiger partial charge in [-0.15, -0.1) is 0 Å². The average molecular weight is 283 g/mol.